The molecule has 3 aromatic rings. The number of aromatic amines is 1. The number of benzene rings is 1. The van der Waals surface area contributed by atoms with E-state index >= 15 is 0 Å². The van der Waals surface area contributed by atoms with Gasteiger partial charge in [0.1, 0.15) is 22.7 Å². The van der Waals surface area contributed by atoms with Gasteiger partial charge < -0.3 is 25.5 Å². The predicted molar refractivity (Wildman–Crippen MR) is 135 cm³/mol. The Bertz CT molecular complexity index is 1310. The molecule has 1 saturated carbocycles. The zero-order chi connectivity index (χ0) is 24.5. The zero-order valence-electron chi connectivity index (χ0n) is 20.2. The molecule has 1 aliphatic heterocycles. The molecular weight excluding hydrogens is 444 g/mol. The Balaban J connectivity index is 1.66. The number of phenolic OH excluding ortho intramolecular Hbond substituents is 1. The number of pyridine rings is 2. The van der Waals surface area contributed by atoms with Gasteiger partial charge in [-0.2, -0.15) is 0 Å². The van der Waals surface area contributed by atoms with Crippen LogP contribution >= 0.6 is 0 Å². The minimum atomic E-state index is -0.490. The molecular formula is C27H32N4O4. The van der Waals surface area contributed by atoms with Gasteiger partial charge in [-0.25, -0.2) is 4.98 Å². The predicted octanol–water partition coefficient (Wildman–Crippen LogP) is 3.69. The molecule has 1 saturated heterocycles. The monoisotopic (exact) mass is 476 g/mol. The van der Waals surface area contributed by atoms with Crippen molar-refractivity contribution in [1.82, 2.24) is 20.6 Å². The number of nitrogens with one attached hydrogen (secondary N) is 3. The van der Waals surface area contributed by atoms with Gasteiger partial charge >= 0.3 is 0 Å². The number of ether oxygens (including phenoxy) is 1. The van der Waals surface area contributed by atoms with E-state index in [9.17, 15) is 14.7 Å². The summed E-state index contributed by atoms with van der Waals surface area (Å²) in [7, 11) is 0. The lowest BCUT2D eigenvalue weighted by atomic mass is 9.88. The summed E-state index contributed by atoms with van der Waals surface area (Å²) in [5.74, 6) is 0.989. The van der Waals surface area contributed by atoms with E-state index in [0.717, 1.165) is 49.7 Å². The molecule has 5 rings (SSSR count). The molecule has 1 unspecified atom stereocenters. The lowest BCUT2D eigenvalue weighted by molar-refractivity contribution is 0.0941. The summed E-state index contributed by atoms with van der Waals surface area (Å²) < 4.78 is 6.07. The summed E-state index contributed by atoms with van der Waals surface area (Å²) in [5, 5.41) is 17.8. The molecule has 8 nitrogen and oxygen atoms in total. The molecule has 1 atom stereocenters. The summed E-state index contributed by atoms with van der Waals surface area (Å²) in [6, 6.07) is 8.76. The molecule has 4 N–H and O–H groups in total. The van der Waals surface area contributed by atoms with Crippen LogP contribution in [-0.4, -0.2) is 46.7 Å². The van der Waals surface area contributed by atoms with Crippen molar-refractivity contribution < 1.29 is 14.6 Å². The minimum Gasteiger partial charge on any atom is -0.507 e. The summed E-state index contributed by atoms with van der Waals surface area (Å²) in [4.78, 5) is 33.1. The Labute approximate surface area is 204 Å². The van der Waals surface area contributed by atoms with Crippen molar-refractivity contribution in [3.63, 3.8) is 0 Å². The number of fused-ring (bicyclic) bond motifs is 1. The number of phenols is 1. The van der Waals surface area contributed by atoms with Crippen molar-refractivity contribution >= 4 is 16.9 Å². The van der Waals surface area contributed by atoms with Gasteiger partial charge in [-0.15, -0.1) is 0 Å². The lowest BCUT2D eigenvalue weighted by Gasteiger charge is -2.25. The maximum atomic E-state index is 12.9. The number of rotatable bonds is 7. The number of hydrogen-bond acceptors (Lipinski definition) is 6. The lowest BCUT2D eigenvalue weighted by Crippen LogP contribution is -2.34. The van der Waals surface area contributed by atoms with E-state index in [2.05, 4.69) is 15.6 Å². The second-order valence-corrected chi connectivity index (χ2v) is 9.95. The number of carbonyl (C=O) groups is 1. The molecule has 1 amide bonds. The summed E-state index contributed by atoms with van der Waals surface area (Å²) in [6.07, 6.45) is 4.33. The Morgan fingerprint density at radius 3 is 2.80 bits per heavy atom. The fourth-order valence-electron chi connectivity index (χ4n) is 4.69. The highest BCUT2D eigenvalue weighted by molar-refractivity contribution is 5.98. The first kappa shape index (κ1) is 23.4. The van der Waals surface area contributed by atoms with Gasteiger partial charge in [0.05, 0.1) is 17.9 Å². The quantitative estimate of drug-likeness (QED) is 0.413. The van der Waals surface area contributed by atoms with E-state index in [4.69, 9.17) is 9.72 Å². The Morgan fingerprint density at radius 1 is 1.26 bits per heavy atom. The van der Waals surface area contributed by atoms with Crippen LogP contribution in [0.25, 0.3) is 22.3 Å². The Morgan fingerprint density at radius 2 is 2.09 bits per heavy atom. The van der Waals surface area contributed by atoms with Crippen molar-refractivity contribution in [2.75, 3.05) is 19.7 Å². The SMILES string of the molecule is CC(C)NC(=O)c1cc2c(C3CCCNC3)cc(-c3c(O)cccc3OCC3CC3)nc2[nH]c1=O. The van der Waals surface area contributed by atoms with E-state index in [1.54, 1.807) is 18.2 Å². The van der Waals surface area contributed by atoms with Crippen molar-refractivity contribution in [2.45, 2.75) is 51.5 Å². The minimum absolute atomic E-state index is 0.0711. The summed E-state index contributed by atoms with van der Waals surface area (Å²) >= 11 is 0. The highest BCUT2D eigenvalue weighted by atomic mass is 16.5. The first-order chi connectivity index (χ1) is 16.9. The number of aromatic hydroxyl groups is 1. The third-order valence-corrected chi connectivity index (χ3v) is 6.69. The van der Waals surface area contributed by atoms with Crippen molar-refractivity contribution in [2.24, 2.45) is 5.92 Å². The molecule has 2 fully saturated rings. The topological polar surface area (TPSA) is 116 Å². The van der Waals surface area contributed by atoms with Gasteiger partial charge in [0.15, 0.2) is 0 Å². The Hall–Kier alpha value is -3.39. The summed E-state index contributed by atoms with van der Waals surface area (Å²) in [6.45, 7) is 6.07. The van der Waals surface area contributed by atoms with Crippen molar-refractivity contribution in [3.8, 4) is 22.8 Å². The van der Waals surface area contributed by atoms with Crippen LogP contribution < -0.4 is 20.9 Å². The van der Waals surface area contributed by atoms with Crippen LogP contribution in [0.4, 0.5) is 0 Å². The fourth-order valence-corrected chi connectivity index (χ4v) is 4.69. The smallest absolute Gasteiger partial charge is 0.262 e. The van der Waals surface area contributed by atoms with Crippen LogP contribution in [0.5, 0.6) is 11.5 Å². The number of aromatic nitrogens is 2. The molecule has 8 heteroatoms. The number of nitrogens with zero attached hydrogens (tertiary/aromatic N) is 1. The highest BCUT2D eigenvalue weighted by Crippen LogP contribution is 2.41. The molecule has 0 spiro atoms. The van der Waals surface area contributed by atoms with Gasteiger partial charge in [0, 0.05) is 18.0 Å². The number of H-pyrrole nitrogens is 1. The largest absolute Gasteiger partial charge is 0.507 e. The van der Waals surface area contributed by atoms with E-state index in [1.807, 2.05) is 26.0 Å². The molecule has 1 aromatic carbocycles. The second-order valence-electron chi connectivity index (χ2n) is 9.95. The van der Waals surface area contributed by atoms with Crippen LogP contribution in [0.15, 0.2) is 35.1 Å². The molecule has 0 bridgehead atoms. The normalized spacial score (nSPS) is 18.1. The van der Waals surface area contributed by atoms with Crippen LogP contribution in [0, 0.1) is 5.92 Å². The van der Waals surface area contributed by atoms with Crippen LogP contribution in [0.2, 0.25) is 0 Å². The maximum absolute atomic E-state index is 12.9. The highest BCUT2D eigenvalue weighted by Gasteiger charge is 2.26. The molecule has 0 radical (unpaired) electrons. The van der Waals surface area contributed by atoms with E-state index in [0.29, 0.717) is 35.2 Å². The molecule has 2 aromatic heterocycles. The van der Waals surface area contributed by atoms with E-state index in [1.165, 1.54) is 0 Å². The first-order valence-electron chi connectivity index (χ1n) is 12.5. The van der Waals surface area contributed by atoms with Gasteiger partial charge in [0.25, 0.3) is 11.5 Å². The maximum Gasteiger partial charge on any atom is 0.262 e. The average molecular weight is 477 g/mol. The van der Waals surface area contributed by atoms with Gasteiger partial charge in [-0.1, -0.05) is 6.07 Å². The second kappa shape index (κ2) is 9.70. The number of hydrogen-bond donors (Lipinski definition) is 4. The molecule has 35 heavy (non-hydrogen) atoms. The van der Waals surface area contributed by atoms with Crippen LogP contribution in [0.3, 0.4) is 0 Å². The van der Waals surface area contributed by atoms with Crippen molar-refractivity contribution in [3.05, 3.63) is 51.8 Å². The summed E-state index contributed by atoms with van der Waals surface area (Å²) in [5.41, 5.74) is 2.02. The van der Waals surface area contributed by atoms with E-state index < -0.39 is 11.5 Å². The van der Waals surface area contributed by atoms with Gasteiger partial charge in [-0.3, -0.25) is 9.59 Å². The van der Waals surface area contributed by atoms with Gasteiger partial charge in [0.2, 0.25) is 0 Å². The van der Waals surface area contributed by atoms with E-state index in [-0.39, 0.29) is 23.3 Å². The molecule has 1 aliphatic carbocycles. The Kier molecular flexibility index (Phi) is 6.47. The average Bonchev–Trinajstić information content (AvgIpc) is 3.66. The fraction of sp³-hybridized carbons (Fsp3) is 0.444. The van der Waals surface area contributed by atoms with Crippen LogP contribution in [0.1, 0.15) is 61.4 Å². The molecule has 3 heterocycles. The third kappa shape index (κ3) is 5.03. The van der Waals surface area contributed by atoms with Crippen LogP contribution in [-0.2, 0) is 0 Å². The third-order valence-electron chi connectivity index (χ3n) is 6.69. The first-order valence-corrected chi connectivity index (χ1v) is 12.5. The number of carbonyl (C=O) groups excluding carboxylic acids is 1. The van der Waals surface area contributed by atoms with Crippen molar-refractivity contribution in [1.29, 1.82) is 0 Å². The van der Waals surface area contributed by atoms with Gasteiger partial charge in [-0.05, 0) is 87.7 Å². The zero-order valence-corrected chi connectivity index (χ0v) is 20.2. The number of piperidine rings is 1. The molecule has 184 valence electrons. The standard InChI is InChI=1S/C27H32N4O4/c1-15(2)29-26(33)20-11-19-18(17-5-4-10-28-13-17)12-21(30-25(19)31-27(20)34)24-22(32)6-3-7-23(24)35-14-16-8-9-16/h3,6-7,11-12,15-17,28,32H,4-5,8-10,13-14H2,1-2H3,(H,29,33)(H,30,31,34). The number of amides is 1. The molecule has 2 aliphatic rings.